The topological polar surface area (TPSA) is 85.2 Å². The molecule has 0 amide bonds. The third-order valence-corrected chi connectivity index (χ3v) is 5.04. The summed E-state index contributed by atoms with van der Waals surface area (Å²) in [5.74, 6) is 0.332. The maximum Gasteiger partial charge on any atom is 0.306 e. The Hall–Kier alpha value is -1.86. The van der Waals surface area contributed by atoms with Gasteiger partial charge in [0, 0.05) is 17.4 Å². The molecular formula is C24H33ClO6. The lowest BCUT2D eigenvalue weighted by atomic mass is 9.94. The van der Waals surface area contributed by atoms with Crippen molar-refractivity contribution in [3.8, 4) is 5.75 Å². The van der Waals surface area contributed by atoms with Gasteiger partial charge in [0.25, 0.3) is 0 Å². The average molecular weight is 453 g/mol. The first-order chi connectivity index (χ1) is 14.8. The summed E-state index contributed by atoms with van der Waals surface area (Å²) >= 11 is 5.92. The van der Waals surface area contributed by atoms with Gasteiger partial charge in [-0.25, -0.2) is 0 Å². The predicted octanol–water partition coefficient (Wildman–Crippen LogP) is 4.08. The lowest BCUT2D eigenvalue weighted by Gasteiger charge is -2.16. The highest BCUT2D eigenvalue weighted by Gasteiger charge is 2.33. The Morgan fingerprint density at radius 2 is 2.16 bits per heavy atom. The maximum atomic E-state index is 11.5. The Morgan fingerprint density at radius 1 is 1.35 bits per heavy atom. The lowest BCUT2D eigenvalue weighted by molar-refractivity contribution is -0.147. The van der Waals surface area contributed by atoms with Crippen LogP contribution in [0.15, 0.2) is 48.6 Å². The van der Waals surface area contributed by atoms with Gasteiger partial charge in [0.1, 0.15) is 18.5 Å². The van der Waals surface area contributed by atoms with Crippen molar-refractivity contribution < 1.29 is 29.2 Å². The van der Waals surface area contributed by atoms with Gasteiger partial charge in [-0.2, -0.15) is 0 Å². The Morgan fingerprint density at radius 3 is 2.90 bits per heavy atom. The van der Waals surface area contributed by atoms with E-state index in [2.05, 4.69) is 0 Å². The minimum absolute atomic E-state index is 0.0838. The van der Waals surface area contributed by atoms with Crippen LogP contribution in [-0.4, -0.2) is 53.8 Å². The SMILES string of the molecule is CC(C)OC(=O)CCCC=CC[C@H]1[C@@H](O)CO[C@@H]1C=C[C@@H](O)COc1cccc(Cl)c1. The standard InChI is InChI=1S/C24H33ClO6/c1-17(2)31-24(28)11-6-4-3-5-10-21-22(27)16-30-23(21)13-12-19(26)15-29-20-9-7-8-18(25)14-20/h3,5,7-9,12-14,17,19,21-23,26-27H,4,6,10-11,15-16H2,1-2H3/t19-,21+,22+,23-/m1/s1. The molecule has 1 aromatic carbocycles. The van der Waals surface area contributed by atoms with E-state index in [4.69, 9.17) is 25.8 Å². The molecule has 172 valence electrons. The Balaban J connectivity index is 1.72. The largest absolute Gasteiger partial charge is 0.491 e. The molecule has 1 heterocycles. The van der Waals surface area contributed by atoms with Gasteiger partial charge in [-0.1, -0.05) is 42.0 Å². The smallest absolute Gasteiger partial charge is 0.306 e. The second-order valence-electron chi connectivity index (χ2n) is 7.89. The molecule has 0 aromatic heterocycles. The van der Waals surface area contributed by atoms with Crippen molar-refractivity contribution in [3.63, 3.8) is 0 Å². The number of hydrogen-bond donors (Lipinski definition) is 2. The number of esters is 1. The fraction of sp³-hybridized carbons (Fsp3) is 0.542. The number of carbonyl (C=O) groups excluding carboxylic acids is 1. The van der Waals surface area contributed by atoms with Crippen molar-refractivity contribution in [2.75, 3.05) is 13.2 Å². The molecule has 0 radical (unpaired) electrons. The van der Waals surface area contributed by atoms with Crippen LogP contribution in [0.1, 0.15) is 39.5 Å². The van der Waals surface area contributed by atoms with E-state index in [9.17, 15) is 15.0 Å². The zero-order valence-electron chi connectivity index (χ0n) is 18.2. The number of ether oxygens (including phenoxy) is 3. The van der Waals surface area contributed by atoms with Gasteiger partial charge in [0.05, 0.1) is 24.9 Å². The highest BCUT2D eigenvalue weighted by molar-refractivity contribution is 6.30. The van der Waals surface area contributed by atoms with Crippen LogP contribution in [0.2, 0.25) is 5.02 Å². The summed E-state index contributed by atoms with van der Waals surface area (Å²) < 4.78 is 16.3. The minimum Gasteiger partial charge on any atom is -0.491 e. The van der Waals surface area contributed by atoms with Gasteiger partial charge in [0.15, 0.2) is 0 Å². The number of rotatable bonds is 12. The number of unbranched alkanes of at least 4 members (excludes halogenated alkanes) is 1. The fourth-order valence-corrected chi connectivity index (χ4v) is 3.43. The average Bonchev–Trinajstić information content (AvgIpc) is 3.06. The monoisotopic (exact) mass is 452 g/mol. The molecule has 31 heavy (non-hydrogen) atoms. The number of hydrogen-bond acceptors (Lipinski definition) is 6. The predicted molar refractivity (Wildman–Crippen MR) is 120 cm³/mol. The van der Waals surface area contributed by atoms with Crippen molar-refractivity contribution in [2.24, 2.45) is 5.92 Å². The molecule has 0 bridgehead atoms. The van der Waals surface area contributed by atoms with Crippen LogP contribution in [-0.2, 0) is 14.3 Å². The highest BCUT2D eigenvalue weighted by Crippen LogP contribution is 2.26. The summed E-state index contributed by atoms with van der Waals surface area (Å²) in [4.78, 5) is 11.5. The number of aliphatic hydroxyl groups is 2. The number of benzene rings is 1. The molecule has 1 aliphatic rings. The van der Waals surface area contributed by atoms with E-state index in [1.165, 1.54) is 0 Å². The van der Waals surface area contributed by atoms with Crippen LogP contribution in [0.25, 0.3) is 0 Å². The van der Waals surface area contributed by atoms with E-state index in [-0.39, 0.29) is 37.3 Å². The highest BCUT2D eigenvalue weighted by atomic mass is 35.5. The van der Waals surface area contributed by atoms with Gasteiger partial charge in [0.2, 0.25) is 0 Å². The van der Waals surface area contributed by atoms with E-state index in [0.29, 0.717) is 23.6 Å². The molecule has 0 spiro atoms. The van der Waals surface area contributed by atoms with Crippen LogP contribution in [0.3, 0.4) is 0 Å². The Bertz CT molecular complexity index is 733. The quantitative estimate of drug-likeness (QED) is 0.282. The van der Waals surface area contributed by atoms with E-state index in [1.807, 2.05) is 26.0 Å². The molecule has 1 saturated heterocycles. The van der Waals surface area contributed by atoms with Gasteiger partial charge in [-0.3, -0.25) is 4.79 Å². The van der Waals surface area contributed by atoms with Crippen molar-refractivity contribution in [2.45, 2.75) is 63.9 Å². The van der Waals surface area contributed by atoms with E-state index in [0.717, 1.165) is 12.8 Å². The lowest BCUT2D eigenvalue weighted by Crippen LogP contribution is -2.23. The molecule has 7 heteroatoms. The van der Waals surface area contributed by atoms with Gasteiger partial charge in [-0.05, 0) is 51.3 Å². The van der Waals surface area contributed by atoms with E-state index in [1.54, 1.807) is 36.4 Å². The van der Waals surface area contributed by atoms with Crippen molar-refractivity contribution in [1.29, 1.82) is 0 Å². The molecule has 2 rings (SSSR count). The summed E-state index contributed by atoms with van der Waals surface area (Å²) in [6, 6.07) is 6.99. The third-order valence-electron chi connectivity index (χ3n) is 4.81. The Kier molecular flexibility index (Phi) is 11.1. The molecule has 1 aromatic rings. The van der Waals surface area contributed by atoms with Crippen LogP contribution in [0.5, 0.6) is 5.75 Å². The van der Waals surface area contributed by atoms with Crippen LogP contribution >= 0.6 is 11.6 Å². The normalized spacial score (nSPS) is 22.5. The van der Waals surface area contributed by atoms with Gasteiger partial charge >= 0.3 is 5.97 Å². The number of carbonyl (C=O) groups is 1. The molecule has 0 unspecified atom stereocenters. The molecule has 4 atom stereocenters. The second kappa shape index (κ2) is 13.5. The van der Waals surface area contributed by atoms with Gasteiger partial charge in [-0.15, -0.1) is 0 Å². The maximum absolute atomic E-state index is 11.5. The molecule has 2 N–H and O–H groups in total. The summed E-state index contributed by atoms with van der Waals surface area (Å²) in [5.41, 5.74) is 0. The first kappa shape index (κ1) is 25.4. The van der Waals surface area contributed by atoms with Crippen molar-refractivity contribution in [1.82, 2.24) is 0 Å². The van der Waals surface area contributed by atoms with Crippen LogP contribution < -0.4 is 4.74 Å². The second-order valence-corrected chi connectivity index (χ2v) is 8.32. The zero-order chi connectivity index (χ0) is 22.6. The number of allylic oxidation sites excluding steroid dienone is 2. The molecule has 0 aliphatic carbocycles. The van der Waals surface area contributed by atoms with E-state index < -0.39 is 12.2 Å². The number of halogens is 1. The minimum atomic E-state index is -0.804. The summed E-state index contributed by atoms with van der Waals surface area (Å²) in [6.07, 6.45) is 8.28. The van der Waals surface area contributed by atoms with Crippen molar-refractivity contribution in [3.05, 3.63) is 53.6 Å². The fourth-order valence-electron chi connectivity index (χ4n) is 3.25. The zero-order valence-corrected chi connectivity index (χ0v) is 18.9. The summed E-state index contributed by atoms with van der Waals surface area (Å²) in [7, 11) is 0. The van der Waals surface area contributed by atoms with Crippen LogP contribution in [0.4, 0.5) is 0 Å². The molecule has 0 saturated carbocycles. The molecule has 1 fully saturated rings. The van der Waals surface area contributed by atoms with Gasteiger partial charge < -0.3 is 24.4 Å². The Labute approximate surface area is 189 Å². The molecule has 1 aliphatic heterocycles. The number of aliphatic hydroxyl groups excluding tert-OH is 2. The first-order valence-corrected chi connectivity index (χ1v) is 11.1. The molecule has 6 nitrogen and oxygen atoms in total. The van der Waals surface area contributed by atoms with Crippen LogP contribution in [0, 0.1) is 5.92 Å². The first-order valence-electron chi connectivity index (χ1n) is 10.7. The summed E-state index contributed by atoms with van der Waals surface area (Å²) in [5, 5.41) is 20.9. The third kappa shape index (κ3) is 9.87. The van der Waals surface area contributed by atoms with Crippen molar-refractivity contribution >= 4 is 17.6 Å². The molecular weight excluding hydrogens is 420 g/mol. The van der Waals surface area contributed by atoms with E-state index >= 15 is 0 Å². The summed E-state index contributed by atoms with van der Waals surface area (Å²) in [6.45, 7) is 4.03.